The predicted molar refractivity (Wildman–Crippen MR) is 91.8 cm³/mol. The molecule has 0 unspecified atom stereocenters. The van der Waals surface area contributed by atoms with E-state index in [9.17, 15) is 4.79 Å². The highest BCUT2D eigenvalue weighted by Crippen LogP contribution is 2.30. The molecule has 0 saturated heterocycles. The van der Waals surface area contributed by atoms with Crippen molar-refractivity contribution in [3.05, 3.63) is 51.0 Å². The van der Waals surface area contributed by atoms with Crippen molar-refractivity contribution in [3.63, 3.8) is 0 Å². The van der Waals surface area contributed by atoms with Crippen molar-refractivity contribution in [2.45, 2.75) is 6.92 Å². The normalized spacial score (nSPS) is 10.2. The van der Waals surface area contributed by atoms with Gasteiger partial charge in [0.15, 0.2) is 0 Å². The first-order valence-electron chi connectivity index (χ1n) is 6.28. The van der Waals surface area contributed by atoms with Crippen molar-refractivity contribution in [2.24, 2.45) is 0 Å². The summed E-state index contributed by atoms with van der Waals surface area (Å²) in [7, 11) is 1.51. The van der Waals surface area contributed by atoms with Gasteiger partial charge in [0.25, 0.3) is 0 Å². The molecule has 0 fully saturated rings. The lowest BCUT2D eigenvalue weighted by atomic mass is 10.2. The molecule has 0 atom stereocenters. The molecule has 2 N–H and O–H groups in total. The van der Waals surface area contributed by atoms with Gasteiger partial charge in [-0.2, -0.15) is 0 Å². The van der Waals surface area contributed by atoms with Gasteiger partial charge >= 0.3 is 6.03 Å². The van der Waals surface area contributed by atoms with E-state index >= 15 is 0 Å². The number of carbonyl (C=O) groups excluding carboxylic acids is 1. The summed E-state index contributed by atoms with van der Waals surface area (Å²) in [6, 6.07) is 7.77. The maximum absolute atomic E-state index is 12.1. The molecule has 0 aliphatic rings. The molecule has 4 nitrogen and oxygen atoms in total. The van der Waals surface area contributed by atoms with E-state index in [-0.39, 0.29) is 0 Å². The molecular formula is C15H13Cl3N2O2. The second-order valence-electron chi connectivity index (χ2n) is 4.50. The fourth-order valence-electron chi connectivity index (χ4n) is 1.83. The van der Waals surface area contributed by atoms with E-state index in [1.54, 1.807) is 30.3 Å². The minimum atomic E-state index is -0.443. The number of rotatable bonds is 3. The Bertz CT molecular complexity index is 720. The lowest BCUT2D eigenvalue weighted by Crippen LogP contribution is -2.20. The fraction of sp³-hybridized carbons (Fsp3) is 0.133. The summed E-state index contributed by atoms with van der Waals surface area (Å²) in [6.45, 7) is 1.82. The molecule has 0 radical (unpaired) electrons. The highest BCUT2D eigenvalue weighted by atomic mass is 35.5. The quantitative estimate of drug-likeness (QED) is 0.748. The third-order valence-corrected chi connectivity index (χ3v) is 3.88. The maximum Gasteiger partial charge on any atom is 0.323 e. The summed E-state index contributed by atoms with van der Waals surface area (Å²) in [5.41, 5.74) is 1.82. The Morgan fingerprint density at radius 1 is 1.00 bits per heavy atom. The number of nitrogens with one attached hydrogen (secondary N) is 2. The number of hydrogen-bond acceptors (Lipinski definition) is 2. The molecule has 0 saturated carbocycles. The van der Waals surface area contributed by atoms with Gasteiger partial charge in [0.05, 0.1) is 22.8 Å². The Labute approximate surface area is 143 Å². The first-order chi connectivity index (χ1) is 10.4. The number of halogens is 3. The van der Waals surface area contributed by atoms with Crippen LogP contribution in [0.25, 0.3) is 0 Å². The van der Waals surface area contributed by atoms with Crippen LogP contribution in [-0.2, 0) is 0 Å². The van der Waals surface area contributed by atoms with Crippen LogP contribution >= 0.6 is 34.8 Å². The Hall–Kier alpha value is -1.62. The van der Waals surface area contributed by atoms with E-state index in [4.69, 9.17) is 39.5 Å². The minimum absolute atomic E-state index is 0.364. The number of methoxy groups -OCH3 is 1. The molecule has 0 spiro atoms. The molecule has 0 aliphatic heterocycles. The van der Waals surface area contributed by atoms with E-state index in [0.29, 0.717) is 32.2 Å². The van der Waals surface area contributed by atoms with Gasteiger partial charge in [0, 0.05) is 10.7 Å². The van der Waals surface area contributed by atoms with Gasteiger partial charge in [-0.25, -0.2) is 4.79 Å². The van der Waals surface area contributed by atoms with Crippen molar-refractivity contribution >= 4 is 52.2 Å². The SMILES string of the molecule is COc1ccc(Cl)cc1NC(=O)Nc1cc(Cl)c(Cl)cc1C. The zero-order chi connectivity index (χ0) is 16.3. The molecule has 0 bridgehead atoms. The summed E-state index contributed by atoms with van der Waals surface area (Å²) in [5, 5.41) is 6.67. The monoisotopic (exact) mass is 358 g/mol. The van der Waals surface area contributed by atoms with Gasteiger partial charge in [-0.1, -0.05) is 34.8 Å². The molecule has 2 amide bonds. The summed E-state index contributed by atoms with van der Waals surface area (Å²) < 4.78 is 5.17. The molecule has 2 aromatic rings. The van der Waals surface area contributed by atoms with Gasteiger partial charge < -0.3 is 15.4 Å². The maximum atomic E-state index is 12.1. The minimum Gasteiger partial charge on any atom is -0.495 e. The zero-order valence-corrected chi connectivity index (χ0v) is 14.1. The van der Waals surface area contributed by atoms with Gasteiger partial charge in [-0.15, -0.1) is 0 Å². The van der Waals surface area contributed by atoms with Crippen LogP contribution in [0.5, 0.6) is 5.75 Å². The number of carbonyl (C=O) groups is 1. The Morgan fingerprint density at radius 2 is 1.64 bits per heavy atom. The van der Waals surface area contributed by atoms with E-state index in [1.807, 2.05) is 6.92 Å². The van der Waals surface area contributed by atoms with Crippen molar-refractivity contribution in [2.75, 3.05) is 17.7 Å². The highest BCUT2D eigenvalue weighted by Gasteiger charge is 2.11. The van der Waals surface area contributed by atoms with E-state index in [0.717, 1.165) is 5.56 Å². The average molecular weight is 360 g/mol. The number of hydrogen-bond donors (Lipinski definition) is 2. The number of urea groups is 1. The van der Waals surface area contributed by atoms with E-state index in [2.05, 4.69) is 10.6 Å². The molecule has 2 aromatic carbocycles. The zero-order valence-electron chi connectivity index (χ0n) is 11.8. The third-order valence-electron chi connectivity index (χ3n) is 2.93. The lowest BCUT2D eigenvalue weighted by Gasteiger charge is -2.13. The summed E-state index contributed by atoms with van der Waals surface area (Å²) in [6.07, 6.45) is 0. The van der Waals surface area contributed by atoms with Crippen molar-refractivity contribution in [3.8, 4) is 5.75 Å². The van der Waals surface area contributed by atoms with Crippen LogP contribution in [-0.4, -0.2) is 13.1 Å². The predicted octanol–water partition coefficient (Wildman–Crippen LogP) is 5.61. The van der Waals surface area contributed by atoms with Crippen molar-refractivity contribution < 1.29 is 9.53 Å². The molecule has 0 heterocycles. The topological polar surface area (TPSA) is 50.4 Å². The highest BCUT2D eigenvalue weighted by molar-refractivity contribution is 6.42. The first-order valence-corrected chi connectivity index (χ1v) is 7.41. The van der Waals surface area contributed by atoms with Crippen LogP contribution in [0.4, 0.5) is 16.2 Å². The number of aryl methyl sites for hydroxylation is 1. The molecule has 0 aliphatic carbocycles. The van der Waals surface area contributed by atoms with Gasteiger partial charge in [-0.3, -0.25) is 0 Å². The van der Waals surface area contributed by atoms with Crippen LogP contribution in [0, 0.1) is 6.92 Å². The van der Waals surface area contributed by atoms with Gasteiger partial charge in [0.2, 0.25) is 0 Å². The standard InChI is InChI=1S/C15H13Cl3N2O2/c1-8-5-10(17)11(18)7-12(8)19-15(21)20-13-6-9(16)3-4-14(13)22-2/h3-7H,1-2H3,(H2,19,20,21). The Balaban J connectivity index is 2.17. The smallest absolute Gasteiger partial charge is 0.323 e. The number of benzene rings is 2. The molecule has 7 heteroatoms. The van der Waals surface area contributed by atoms with E-state index in [1.165, 1.54) is 7.11 Å². The van der Waals surface area contributed by atoms with Crippen LogP contribution in [0.1, 0.15) is 5.56 Å². The van der Waals surface area contributed by atoms with Gasteiger partial charge in [-0.05, 0) is 42.8 Å². The molecule has 116 valence electrons. The summed E-state index contributed by atoms with van der Waals surface area (Å²) >= 11 is 17.8. The number of amides is 2. The van der Waals surface area contributed by atoms with Crippen LogP contribution in [0.15, 0.2) is 30.3 Å². The lowest BCUT2D eigenvalue weighted by molar-refractivity contribution is 0.262. The number of ether oxygens (including phenoxy) is 1. The van der Waals surface area contributed by atoms with Crippen LogP contribution in [0.3, 0.4) is 0 Å². The molecule has 2 rings (SSSR count). The van der Waals surface area contributed by atoms with Gasteiger partial charge in [0.1, 0.15) is 5.75 Å². The van der Waals surface area contributed by atoms with Crippen molar-refractivity contribution in [1.29, 1.82) is 0 Å². The number of anilines is 2. The van der Waals surface area contributed by atoms with E-state index < -0.39 is 6.03 Å². The molecule has 0 aromatic heterocycles. The van der Waals surface area contributed by atoms with Crippen LogP contribution < -0.4 is 15.4 Å². The second-order valence-corrected chi connectivity index (χ2v) is 5.76. The van der Waals surface area contributed by atoms with Crippen molar-refractivity contribution in [1.82, 2.24) is 0 Å². The largest absolute Gasteiger partial charge is 0.495 e. The average Bonchev–Trinajstić information content (AvgIpc) is 2.45. The summed E-state index contributed by atoms with van der Waals surface area (Å²) in [4.78, 5) is 12.1. The summed E-state index contributed by atoms with van der Waals surface area (Å²) in [5.74, 6) is 0.505. The fourth-order valence-corrected chi connectivity index (χ4v) is 2.39. The van der Waals surface area contributed by atoms with Crippen LogP contribution in [0.2, 0.25) is 15.1 Å². The Kier molecular flexibility index (Phi) is 5.40. The third kappa shape index (κ3) is 3.97. The first kappa shape index (κ1) is 16.7. The Morgan fingerprint density at radius 3 is 2.32 bits per heavy atom. The molecule has 22 heavy (non-hydrogen) atoms. The second kappa shape index (κ2) is 7.09. The molecular weight excluding hydrogens is 347 g/mol.